The van der Waals surface area contributed by atoms with Crippen LogP contribution in [-0.4, -0.2) is 95.6 Å². The Balaban J connectivity index is 1.10. The summed E-state index contributed by atoms with van der Waals surface area (Å²) in [5, 5.41) is 23.3. The first-order valence-electron chi connectivity index (χ1n) is 22.2. The van der Waals surface area contributed by atoms with E-state index in [1.54, 1.807) is 58.2 Å². The summed E-state index contributed by atoms with van der Waals surface area (Å²) in [6.45, 7) is 16.0. The molecule has 3 aromatic rings. The maximum Gasteiger partial charge on any atom is 0.338 e. The van der Waals surface area contributed by atoms with E-state index in [0.29, 0.717) is 38.9 Å². The molecule has 0 aliphatic carbocycles. The number of ether oxygens (including phenoxy) is 7. The molecule has 0 radical (unpaired) electrons. The van der Waals surface area contributed by atoms with Crippen LogP contribution in [0.25, 0.3) is 0 Å². The van der Waals surface area contributed by atoms with Crippen molar-refractivity contribution in [2.45, 2.75) is 134 Å². The smallest absolute Gasteiger partial charge is 0.338 e. The first-order valence-corrected chi connectivity index (χ1v) is 22.2. The molecule has 3 aromatic carbocycles. The molecule has 342 valence electrons. The predicted octanol–water partition coefficient (Wildman–Crippen LogP) is 7.61. The van der Waals surface area contributed by atoms with Gasteiger partial charge >= 0.3 is 5.97 Å². The number of hydrogen-bond donors (Lipinski definition) is 2. The van der Waals surface area contributed by atoms with Crippen LogP contribution in [-0.2, 0) is 51.2 Å². The number of Topliss-reactive ketones (excluding diaryl/α,β-unsaturated/α-hetero) is 2. The molecule has 12 atom stereocenters. The first kappa shape index (κ1) is 48.2. The van der Waals surface area contributed by atoms with Crippen molar-refractivity contribution in [1.29, 1.82) is 0 Å². The molecule has 3 aliphatic rings. The van der Waals surface area contributed by atoms with Crippen molar-refractivity contribution in [2.24, 2.45) is 23.7 Å². The largest absolute Gasteiger partial charge is 0.497 e. The van der Waals surface area contributed by atoms with Crippen LogP contribution in [0.3, 0.4) is 0 Å². The zero-order valence-electron chi connectivity index (χ0n) is 37.8. The summed E-state index contributed by atoms with van der Waals surface area (Å²) >= 11 is 0. The van der Waals surface area contributed by atoms with E-state index >= 15 is 0 Å². The van der Waals surface area contributed by atoms with Gasteiger partial charge in [-0.1, -0.05) is 94.9 Å². The monoisotopic (exact) mass is 870 g/mol. The summed E-state index contributed by atoms with van der Waals surface area (Å²) in [4.78, 5) is 41.3. The van der Waals surface area contributed by atoms with Gasteiger partial charge in [0.15, 0.2) is 5.79 Å². The maximum absolute atomic E-state index is 13.9. The fourth-order valence-corrected chi connectivity index (χ4v) is 9.14. The minimum Gasteiger partial charge on any atom is -0.497 e. The number of hydrogen-bond acceptors (Lipinski definition) is 12. The molecular weight excluding hydrogens is 805 g/mol. The maximum atomic E-state index is 13.9. The standard InChI is InChI=1S/C51H66O12/c1-32(28-58-29-37-15-11-9-12-16-37)45(54)34(3)47(60-48(56)39-17-13-10-14-18-39)35(4)46(55)33(2)42-27-41(52)36(5)51(61-42)26-25-50(7,63-51)44-23-24-49(6,62-44)43(53)31-59-30-38-19-21-40(57-8)22-20-38/h9-22,32-34,36,42-44,46-47,53,55H,4,23-31H2,1-3,5-8H3/t32-,33+,34-,36-,42-,43+,44+,46+,47+,49-,50-,51+/m0/s1. The second-order valence-electron chi connectivity index (χ2n) is 18.3. The Hall–Kier alpha value is -4.27. The summed E-state index contributed by atoms with van der Waals surface area (Å²) in [6.07, 6.45) is -2.43. The zero-order valence-corrected chi connectivity index (χ0v) is 37.8. The molecule has 0 unspecified atom stereocenters. The molecule has 0 bridgehead atoms. The molecule has 3 aliphatic heterocycles. The summed E-state index contributed by atoms with van der Waals surface area (Å²) < 4.78 is 43.3. The molecule has 12 nitrogen and oxygen atoms in total. The minimum absolute atomic E-state index is 0.0218. The number of carbonyl (C=O) groups excluding carboxylic acids is 3. The summed E-state index contributed by atoms with van der Waals surface area (Å²) in [5.74, 6) is -4.24. The van der Waals surface area contributed by atoms with E-state index in [2.05, 4.69) is 6.58 Å². The molecule has 0 amide bonds. The number of carbonyl (C=O) groups is 3. The third-order valence-corrected chi connectivity index (χ3v) is 13.6. The molecule has 3 saturated heterocycles. The fraction of sp³-hybridized carbons (Fsp3) is 0.549. The van der Waals surface area contributed by atoms with Crippen molar-refractivity contribution in [3.05, 3.63) is 114 Å². The van der Waals surface area contributed by atoms with Crippen molar-refractivity contribution in [3.63, 3.8) is 0 Å². The van der Waals surface area contributed by atoms with E-state index in [1.165, 1.54) is 0 Å². The third-order valence-electron chi connectivity index (χ3n) is 13.6. The lowest BCUT2D eigenvalue weighted by molar-refractivity contribution is -0.319. The highest BCUT2D eigenvalue weighted by atomic mass is 16.7. The Bertz CT molecular complexity index is 2010. The highest BCUT2D eigenvalue weighted by Crippen LogP contribution is 2.52. The topological polar surface area (TPSA) is 156 Å². The van der Waals surface area contributed by atoms with Crippen LogP contribution in [0.1, 0.15) is 95.1 Å². The lowest BCUT2D eigenvalue weighted by Gasteiger charge is -2.46. The van der Waals surface area contributed by atoms with Gasteiger partial charge in [-0.3, -0.25) is 9.59 Å². The SMILES string of the molecule is C=C([C@H](O)[C@H](C)[C@@H]1CC(=O)[C@H](C)[C@]2(CC[C@@](C)([C@H]3CC[C@@](C)([C@H](O)COCc4ccc(OC)cc4)O3)O2)O1)[C@H](OC(=O)c1ccccc1)[C@@H](C)C(=O)[C@@H](C)COCc1ccccc1. The van der Waals surface area contributed by atoms with Crippen molar-refractivity contribution in [2.75, 3.05) is 20.3 Å². The quantitative estimate of drug-likeness (QED) is 0.0848. The second kappa shape index (κ2) is 20.7. The highest BCUT2D eigenvalue weighted by Gasteiger charge is 2.61. The average molecular weight is 871 g/mol. The lowest BCUT2D eigenvalue weighted by atomic mass is 9.79. The second-order valence-corrected chi connectivity index (χ2v) is 18.3. The van der Waals surface area contributed by atoms with Crippen LogP contribution in [0, 0.1) is 23.7 Å². The van der Waals surface area contributed by atoms with Crippen LogP contribution >= 0.6 is 0 Å². The molecule has 3 heterocycles. The van der Waals surface area contributed by atoms with Crippen LogP contribution < -0.4 is 4.74 Å². The van der Waals surface area contributed by atoms with Crippen LogP contribution in [0.15, 0.2) is 97.1 Å². The van der Waals surface area contributed by atoms with E-state index < -0.39 is 77.1 Å². The molecule has 6 rings (SSSR count). The number of aliphatic hydroxyl groups excluding tert-OH is 2. The van der Waals surface area contributed by atoms with E-state index in [9.17, 15) is 24.6 Å². The number of ketones is 2. The van der Waals surface area contributed by atoms with E-state index in [0.717, 1.165) is 16.9 Å². The van der Waals surface area contributed by atoms with Gasteiger partial charge in [-0.2, -0.15) is 0 Å². The number of rotatable bonds is 20. The van der Waals surface area contributed by atoms with Gasteiger partial charge in [0.2, 0.25) is 0 Å². The van der Waals surface area contributed by atoms with Crippen molar-refractivity contribution in [1.82, 2.24) is 0 Å². The van der Waals surface area contributed by atoms with Gasteiger partial charge in [-0.25, -0.2) is 4.79 Å². The van der Waals surface area contributed by atoms with Gasteiger partial charge in [0.1, 0.15) is 29.5 Å². The van der Waals surface area contributed by atoms with Crippen LogP contribution in [0.2, 0.25) is 0 Å². The molecule has 12 heteroatoms. The van der Waals surface area contributed by atoms with Gasteiger partial charge in [0.05, 0.1) is 80.5 Å². The summed E-state index contributed by atoms with van der Waals surface area (Å²) in [6, 6.07) is 25.7. The minimum atomic E-state index is -1.33. The Morgan fingerprint density at radius 1 is 0.841 bits per heavy atom. The molecule has 0 saturated carbocycles. The Labute approximate surface area is 372 Å². The van der Waals surface area contributed by atoms with E-state index in [1.807, 2.05) is 75.4 Å². The molecule has 2 N–H and O–H groups in total. The summed E-state index contributed by atoms with van der Waals surface area (Å²) in [7, 11) is 1.62. The Morgan fingerprint density at radius 2 is 1.46 bits per heavy atom. The van der Waals surface area contributed by atoms with Crippen molar-refractivity contribution < 1.29 is 57.8 Å². The van der Waals surface area contributed by atoms with E-state index in [4.69, 9.17) is 33.2 Å². The molecule has 3 fully saturated rings. The van der Waals surface area contributed by atoms with Crippen molar-refractivity contribution >= 4 is 17.5 Å². The highest BCUT2D eigenvalue weighted by molar-refractivity contribution is 5.90. The number of benzene rings is 3. The zero-order chi connectivity index (χ0) is 45.5. The Kier molecular flexibility index (Phi) is 15.8. The predicted molar refractivity (Wildman–Crippen MR) is 236 cm³/mol. The molecule has 63 heavy (non-hydrogen) atoms. The summed E-state index contributed by atoms with van der Waals surface area (Å²) in [5.41, 5.74) is 0.626. The van der Waals surface area contributed by atoms with Gasteiger partial charge in [0, 0.05) is 24.7 Å². The number of aliphatic hydroxyl groups is 2. The number of esters is 1. The van der Waals surface area contributed by atoms with Crippen molar-refractivity contribution in [3.8, 4) is 5.75 Å². The number of methoxy groups -OCH3 is 1. The Morgan fingerprint density at radius 3 is 2.11 bits per heavy atom. The molecule has 0 aromatic heterocycles. The fourth-order valence-electron chi connectivity index (χ4n) is 9.14. The molecular formula is C51H66O12. The van der Waals surface area contributed by atoms with Gasteiger partial charge < -0.3 is 43.4 Å². The molecule has 1 spiro atoms. The average Bonchev–Trinajstić information content (AvgIpc) is 3.88. The van der Waals surface area contributed by atoms with Gasteiger partial charge in [-0.05, 0) is 74.1 Å². The normalized spacial score (nSPS) is 28.8. The first-order chi connectivity index (χ1) is 30.0. The van der Waals surface area contributed by atoms with Crippen LogP contribution in [0.4, 0.5) is 0 Å². The third kappa shape index (κ3) is 11.2. The van der Waals surface area contributed by atoms with E-state index in [-0.39, 0.29) is 42.3 Å². The van der Waals surface area contributed by atoms with Gasteiger partial charge in [0.25, 0.3) is 0 Å². The van der Waals surface area contributed by atoms with Gasteiger partial charge in [-0.15, -0.1) is 0 Å². The lowest BCUT2D eigenvalue weighted by Crippen LogP contribution is -2.56. The van der Waals surface area contributed by atoms with Crippen LogP contribution in [0.5, 0.6) is 5.75 Å².